The minimum atomic E-state index is -0.333. The first-order chi connectivity index (χ1) is 17.3. The number of carbonyl (C=O) groups excluding carboxylic acids is 1. The number of hydrogen-bond donors (Lipinski definition) is 1. The Morgan fingerprint density at radius 2 is 1.78 bits per heavy atom. The van der Waals surface area contributed by atoms with Crippen LogP contribution in [-0.4, -0.2) is 59.1 Å². The third kappa shape index (κ3) is 4.97. The molecular weight excluding hydrogens is 450 g/mol. The molecule has 4 aromatic rings. The molecule has 7 heteroatoms. The molecule has 1 aliphatic rings. The lowest BCUT2D eigenvalue weighted by Gasteiger charge is -2.36. The van der Waals surface area contributed by atoms with Gasteiger partial charge in [-0.25, -0.2) is 9.78 Å². The number of piperazine rings is 1. The zero-order chi connectivity index (χ0) is 25.3. The summed E-state index contributed by atoms with van der Waals surface area (Å²) in [5.74, 6) is 0.563. The second kappa shape index (κ2) is 9.74. The van der Waals surface area contributed by atoms with Crippen LogP contribution in [0.5, 0.6) is 0 Å². The second-order valence-electron chi connectivity index (χ2n) is 10.4. The number of pyridine rings is 1. The van der Waals surface area contributed by atoms with Gasteiger partial charge in [-0.15, -0.1) is 0 Å². The van der Waals surface area contributed by atoms with E-state index in [1.165, 1.54) is 12.7 Å². The van der Waals surface area contributed by atoms with E-state index in [0.29, 0.717) is 12.1 Å². The number of para-hydroxylation sites is 1. The smallest absolute Gasteiger partial charge is 0.337 e. The normalized spacial score (nSPS) is 14.8. The molecule has 1 fully saturated rings. The molecule has 0 radical (unpaired) electrons. The number of H-pyrrole nitrogens is 1. The van der Waals surface area contributed by atoms with Gasteiger partial charge in [-0.2, -0.15) is 0 Å². The number of ether oxygens (including phenoxy) is 1. The molecule has 2 aromatic heterocycles. The SMILES string of the molecule is COC(=O)c1ccnc(CN2CCN(c3cccc4[nH]c(-c5ccc(C(C)(C)C)cc5)nc34)CC2)c1. The zero-order valence-electron chi connectivity index (χ0n) is 21.4. The van der Waals surface area contributed by atoms with E-state index in [9.17, 15) is 4.79 Å². The first kappa shape index (κ1) is 24.0. The van der Waals surface area contributed by atoms with Crippen LogP contribution in [0.1, 0.15) is 42.4 Å². The van der Waals surface area contributed by atoms with E-state index in [-0.39, 0.29) is 11.4 Å². The van der Waals surface area contributed by atoms with E-state index < -0.39 is 0 Å². The number of fused-ring (bicyclic) bond motifs is 1. The van der Waals surface area contributed by atoms with Crippen molar-refractivity contribution in [2.24, 2.45) is 0 Å². The van der Waals surface area contributed by atoms with Crippen molar-refractivity contribution in [1.82, 2.24) is 19.9 Å². The Hall–Kier alpha value is -3.71. The third-order valence-corrected chi connectivity index (χ3v) is 6.85. The van der Waals surface area contributed by atoms with Crippen molar-refractivity contribution in [3.05, 3.63) is 77.6 Å². The van der Waals surface area contributed by atoms with Crippen LogP contribution in [0.15, 0.2) is 60.8 Å². The van der Waals surface area contributed by atoms with Crippen LogP contribution >= 0.6 is 0 Å². The van der Waals surface area contributed by atoms with E-state index in [4.69, 9.17) is 9.72 Å². The van der Waals surface area contributed by atoms with Crippen molar-refractivity contribution in [1.29, 1.82) is 0 Å². The number of rotatable bonds is 5. The van der Waals surface area contributed by atoms with Crippen LogP contribution in [0, 0.1) is 0 Å². The van der Waals surface area contributed by atoms with Crippen LogP contribution in [-0.2, 0) is 16.7 Å². The Bertz CT molecular complexity index is 1360. The summed E-state index contributed by atoms with van der Waals surface area (Å²) >= 11 is 0. The van der Waals surface area contributed by atoms with Gasteiger partial charge in [0.2, 0.25) is 0 Å². The predicted octanol–water partition coefficient (Wildman–Crippen LogP) is 5.03. The molecule has 0 unspecified atom stereocenters. The lowest BCUT2D eigenvalue weighted by Crippen LogP contribution is -2.46. The van der Waals surface area contributed by atoms with Gasteiger partial charge in [-0.05, 0) is 35.2 Å². The highest BCUT2D eigenvalue weighted by molar-refractivity contribution is 5.91. The highest BCUT2D eigenvalue weighted by atomic mass is 16.5. The van der Waals surface area contributed by atoms with Gasteiger partial charge < -0.3 is 14.6 Å². The predicted molar refractivity (Wildman–Crippen MR) is 143 cm³/mol. The molecule has 0 saturated carbocycles. The molecule has 1 aliphatic heterocycles. The van der Waals surface area contributed by atoms with Gasteiger partial charge >= 0.3 is 5.97 Å². The van der Waals surface area contributed by atoms with Crippen molar-refractivity contribution in [3.63, 3.8) is 0 Å². The molecule has 0 bridgehead atoms. The van der Waals surface area contributed by atoms with E-state index in [1.807, 2.05) is 6.07 Å². The summed E-state index contributed by atoms with van der Waals surface area (Å²) in [4.78, 5) is 29.6. The van der Waals surface area contributed by atoms with Crippen LogP contribution in [0.25, 0.3) is 22.4 Å². The molecule has 186 valence electrons. The number of nitrogens with one attached hydrogen (secondary N) is 1. The lowest BCUT2D eigenvalue weighted by molar-refractivity contribution is 0.0600. The molecule has 36 heavy (non-hydrogen) atoms. The van der Waals surface area contributed by atoms with Crippen LogP contribution in [0.4, 0.5) is 5.69 Å². The summed E-state index contributed by atoms with van der Waals surface area (Å²) in [5, 5.41) is 0. The summed E-state index contributed by atoms with van der Waals surface area (Å²) in [7, 11) is 1.40. The van der Waals surface area contributed by atoms with Gasteiger partial charge in [-0.1, -0.05) is 51.1 Å². The summed E-state index contributed by atoms with van der Waals surface area (Å²) in [6.45, 7) is 11.0. The highest BCUT2D eigenvalue weighted by Crippen LogP contribution is 2.30. The zero-order valence-corrected chi connectivity index (χ0v) is 21.4. The summed E-state index contributed by atoms with van der Waals surface area (Å²) in [6.07, 6.45) is 1.67. The number of aromatic amines is 1. The van der Waals surface area contributed by atoms with Gasteiger partial charge in [0.25, 0.3) is 0 Å². The number of aromatic nitrogens is 3. The fraction of sp³-hybridized carbons (Fsp3) is 0.345. The largest absolute Gasteiger partial charge is 0.465 e. The molecule has 0 amide bonds. The maximum atomic E-state index is 11.8. The lowest BCUT2D eigenvalue weighted by atomic mass is 9.87. The Morgan fingerprint density at radius 1 is 1.03 bits per heavy atom. The Balaban J connectivity index is 1.29. The Morgan fingerprint density at radius 3 is 2.47 bits per heavy atom. The molecule has 2 aromatic carbocycles. The summed E-state index contributed by atoms with van der Waals surface area (Å²) < 4.78 is 4.83. The molecule has 0 spiro atoms. The number of hydrogen-bond acceptors (Lipinski definition) is 6. The molecule has 0 atom stereocenters. The summed E-state index contributed by atoms with van der Waals surface area (Å²) in [6, 6.07) is 18.5. The van der Waals surface area contributed by atoms with E-state index in [2.05, 4.69) is 83.0 Å². The average molecular weight is 484 g/mol. The molecular formula is C29H33N5O2. The van der Waals surface area contributed by atoms with Gasteiger partial charge in [0.15, 0.2) is 0 Å². The number of anilines is 1. The topological polar surface area (TPSA) is 74.3 Å². The summed E-state index contributed by atoms with van der Waals surface area (Å²) in [5.41, 5.74) is 7.17. The molecule has 3 heterocycles. The fourth-order valence-corrected chi connectivity index (χ4v) is 4.72. The van der Waals surface area contributed by atoms with Crippen LogP contribution in [0.2, 0.25) is 0 Å². The molecule has 5 rings (SSSR count). The minimum Gasteiger partial charge on any atom is -0.465 e. The van der Waals surface area contributed by atoms with Gasteiger partial charge in [0.05, 0.1) is 29.6 Å². The number of carbonyl (C=O) groups is 1. The number of imidazole rings is 1. The van der Waals surface area contributed by atoms with Crippen LogP contribution in [0.3, 0.4) is 0 Å². The van der Waals surface area contributed by atoms with Gasteiger partial charge in [0, 0.05) is 44.5 Å². The number of methoxy groups -OCH3 is 1. The first-order valence-electron chi connectivity index (χ1n) is 12.4. The van der Waals surface area contributed by atoms with Gasteiger partial charge in [0.1, 0.15) is 11.3 Å². The Kier molecular flexibility index (Phi) is 6.49. The minimum absolute atomic E-state index is 0.127. The standard InChI is InChI=1S/C29H33N5O2/c1-29(2,3)22-10-8-20(9-11-22)27-31-24-6-5-7-25(26(24)32-27)34-16-14-33(15-17-34)19-23-18-21(12-13-30-23)28(35)36-4/h5-13,18H,14-17,19H2,1-4H3,(H,31,32). The quantitative estimate of drug-likeness (QED) is 0.401. The third-order valence-electron chi connectivity index (χ3n) is 6.85. The van der Waals surface area contributed by atoms with Crippen molar-refractivity contribution in [2.75, 3.05) is 38.2 Å². The maximum Gasteiger partial charge on any atom is 0.337 e. The van der Waals surface area contributed by atoms with E-state index in [1.54, 1.807) is 12.3 Å². The van der Waals surface area contributed by atoms with Crippen molar-refractivity contribution < 1.29 is 9.53 Å². The average Bonchev–Trinajstić information content (AvgIpc) is 3.33. The Labute approximate surface area is 212 Å². The molecule has 0 aliphatic carbocycles. The maximum absolute atomic E-state index is 11.8. The monoisotopic (exact) mass is 483 g/mol. The number of esters is 1. The van der Waals surface area contributed by atoms with Crippen molar-refractivity contribution in [2.45, 2.75) is 32.7 Å². The van der Waals surface area contributed by atoms with Gasteiger partial charge in [-0.3, -0.25) is 9.88 Å². The second-order valence-corrected chi connectivity index (χ2v) is 10.4. The number of nitrogens with zero attached hydrogens (tertiary/aromatic N) is 4. The van der Waals surface area contributed by atoms with Crippen molar-refractivity contribution >= 4 is 22.7 Å². The van der Waals surface area contributed by atoms with E-state index in [0.717, 1.165) is 60.0 Å². The highest BCUT2D eigenvalue weighted by Gasteiger charge is 2.21. The molecule has 1 N–H and O–H groups in total. The van der Waals surface area contributed by atoms with Crippen molar-refractivity contribution in [3.8, 4) is 11.4 Å². The van der Waals surface area contributed by atoms with E-state index >= 15 is 0 Å². The molecule has 1 saturated heterocycles. The fourth-order valence-electron chi connectivity index (χ4n) is 4.72. The number of benzene rings is 2. The molecule has 7 nitrogen and oxygen atoms in total. The van der Waals surface area contributed by atoms with Crippen LogP contribution < -0.4 is 4.90 Å². The first-order valence-corrected chi connectivity index (χ1v) is 12.4.